The van der Waals surface area contributed by atoms with E-state index in [1.54, 1.807) is 30.3 Å². The van der Waals surface area contributed by atoms with Crippen LogP contribution < -0.4 is 25.6 Å². The fourth-order valence-electron chi connectivity index (χ4n) is 2.32. The molecule has 0 saturated heterocycles. The average Bonchev–Trinajstić information content (AvgIpc) is 2.68. The van der Waals surface area contributed by atoms with Gasteiger partial charge in [0.1, 0.15) is 11.5 Å². The number of hydrogen-bond acceptors (Lipinski definition) is 5. The molecule has 0 atom stereocenters. The highest BCUT2D eigenvalue weighted by Gasteiger charge is 2.11. The molecule has 0 fully saturated rings. The smallest absolute Gasteiger partial charge is 0.276 e. The van der Waals surface area contributed by atoms with E-state index in [4.69, 9.17) is 33.3 Å². The van der Waals surface area contributed by atoms with Crippen LogP contribution in [0.1, 0.15) is 21.5 Å². The van der Waals surface area contributed by atoms with Gasteiger partial charge in [-0.2, -0.15) is 0 Å². The van der Waals surface area contributed by atoms with Gasteiger partial charge in [-0.1, -0.05) is 11.6 Å². The minimum Gasteiger partial charge on any atom is -0.496 e. The largest absolute Gasteiger partial charge is 0.496 e. The average molecular weight is 501 g/mol. The molecule has 2 aromatic carbocycles. The highest BCUT2D eigenvalue weighted by atomic mass is 79.9. The van der Waals surface area contributed by atoms with Crippen molar-refractivity contribution in [3.05, 3.63) is 56.5 Å². The van der Waals surface area contributed by atoms with Crippen LogP contribution in [0.2, 0.25) is 5.02 Å². The lowest BCUT2D eigenvalue weighted by Crippen LogP contribution is -2.49. The minimum atomic E-state index is -0.473. The number of amides is 2. The van der Waals surface area contributed by atoms with E-state index in [2.05, 4.69) is 32.1 Å². The number of halogens is 2. The van der Waals surface area contributed by atoms with Crippen LogP contribution in [0, 0.1) is 13.8 Å². The highest BCUT2D eigenvalue weighted by molar-refractivity contribution is 9.10. The molecule has 10 heteroatoms. The van der Waals surface area contributed by atoms with E-state index in [1.807, 2.05) is 13.8 Å². The van der Waals surface area contributed by atoms with Gasteiger partial charge in [0.2, 0.25) is 0 Å². The number of thiocarbonyl (C=S) groups is 1. The van der Waals surface area contributed by atoms with Crippen molar-refractivity contribution in [2.45, 2.75) is 13.8 Å². The maximum Gasteiger partial charge on any atom is 0.276 e. The summed E-state index contributed by atoms with van der Waals surface area (Å²) < 4.78 is 11.2. The van der Waals surface area contributed by atoms with E-state index in [0.29, 0.717) is 26.6 Å². The van der Waals surface area contributed by atoms with Crippen LogP contribution in [0.25, 0.3) is 0 Å². The first-order chi connectivity index (χ1) is 13.7. The lowest BCUT2D eigenvalue weighted by atomic mass is 10.1. The Labute approximate surface area is 187 Å². The van der Waals surface area contributed by atoms with Crippen LogP contribution in [0.15, 0.2) is 34.8 Å². The molecule has 0 aliphatic rings. The predicted molar refractivity (Wildman–Crippen MR) is 118 cm³/mol. The Morgan fingerprint density at radius 3 is 2.38 bits per heavy atom. The molecule has 2 rings (SSSR count). The Morgan fingerprint density at radius 2 is 1.79 bits per heavy atom. The third-order valence-corrected chi connectivity index (χ3v) is 5.16. The summed E-state index contributed by atoms with van der Waals surface area (Å²) in [6.07, 6.45) is 0. The molecule has 0 saturated carbocycles. The lowest BCUT2D eigenvalue weighted by molar-refractivity contribution is -0.123. The van der Waals surface area contributed by atoms with Gasteiger partial charge in [-0.15, -0.1) is 0 Å². The number of carbonyl (C=O) groups excluding carboxylic acids is 2. The molecule has 0 radical (unpaired) electrons. The van der Waals surface area contributed by atoms with Crippen molar-refractivity contribution >= 4 is 56.7 Å². The summed E-state index contributed by atoms with van der Waals surface area (Å²) in [5.74, 6) is 0.212. The molecule has 0 aliphatic heterocycles. The fourth-order valence-corrected chi connectivity index (χ4v) is 3.11. The molecule has 2 amide bonds. The number of aryl methyl sites for hydroxylation is 2. The second kappa shape index (κ2) is 10.4. The van der Waals surface area contributed by atoms with Gasteiger partial charge in [0.25, 0.3) is 11.8 Å². The van der Waals surface area contributed by atoms with Gasteiger partial charge in [0, 0.05) is 10.6 Å². The standard InChI is InChI=1S/C19H19BrClN3O4S/c1-10-6-13(7-11(2)17(10)21)28-9-16(25)23-24-19(29)22-18(26)12-4-5-15(27-3)14(20)8-12/h4-8H,9H2,1-3H3,(H,23,25)(H2,22,24,26,29). The number of rotatable bonds is 5. The molecule has 29 heavy (non-hydrogen) atoms. The second-order valence-electron chi connectivity index (χ2n) is 5.97. The summed E-state index contributed by atoms with van der Waals surface area (Å²) in [5.41, 5.74) is 6.88. The van der Waals surface area contributed by atoms with E-state index in [-0.39, 0.29) is 11.7 Å². The van der Waals surface area contributed by atoms with Gasteiger partial charge < -0.3 is 9.47 Å². The van der Waals surface area contributed by atoms with Crippen molar-refractivity contribution in [3.8, 4) is 11.5 Å². The third-order valence-electron chi connectivity index (χ3n) is 3.74. The molecule has 7 nitrogen and oxygen atoms in total. The van der Waals surface area contributed by atoms with E-state index >= 15 is 0 Å². The first-order valence-corrected chi connectivity index (χ1v) is 9.92. The number of benzene rings is 2. The van der Waals surface area contributed by atoms with Gasteiger partial charge >= 0.3 is 0 Å². The zero-order chi connectivity index (χ0) is 21.6. The maximum absolute atomic E-state index is 12.2. The number of hydrazine groups is 1. The van der Waals surface area contributed by atoms with Gasteiger partial charge in [-0.25, -0.2) is 0 Å². The number of carbonyl (C=O) groups is 2. The number of methoxy groups -OCH3 is 1. The molecule has 2 aromatic rings. The Kier molecular flexibility index (Phi) is 8.24. The molecule has 0 heterocycles. The van der Waals surface area contributed by atoms with E-state index in [1.165, 1.54) is 7.11 Å². The van der Waals surface area contributed by atoms with Crippen molar-refractivity contribution < 1.29 is 19.1 Å². The highest BCUT2D eigenvalue weighted by Crippen LogP contribution is 2.26. The van der Waals surface area contributed by atoms with Gasteiger partial charge in [-0.3, -0.25) is 25.8 Å². The second-order valence-corrected chi connectivity index (χ2v) is 7.61. The number of nitrogens with one attached hydrogen (secondary N) is 3. The van der Waals surface area contributed by atoms with Crippen molar-refractivity contribution in [1.82, 2.24) is 16.2 Å². The molecule has 0 bridgehead atoms. The molecule has 154 valence electrons. The quantitative estimate of drug-likeness (QED) is 0.431. The van der Waals surface area contributed by atoms with Gasteiger partial charge in [-0.05, 0) is 83.5 Å². The fraction of sp³-hybridized carbons (Fsp3) is 0.211. The zero-order valence-electron chi connectivity index (χ0n) is 15.9. The Hall–Kier alpha value is -2.36. The van der Waals surface area contributed by atoms with Crippen LogP contribution in [0.3, 0.4) is 0 Å². The minimum absolute atomic E-state index is 0.0616. The van der Waals surface area contributed by atoms with Crippen LogP contribution in [0.4, 0.5) is 0 Å². The van der Waals surface area contributed by atoms with Crippen molar-refractivity contribution in [1.29, 1.82) is 0 Å². The van der Waals surface area contributed by atoms with Crippen LogP contribution in [-0.2, 0) is 4.79 Å². The number of ether oxygens (including phenoxy) is 2. The van der Waals surface area contributed by atoms with Gasteiger partial charge in [0.05, 0.1) is 11.6 Å². The lowest BCUT2D eigenvalue weighted by Gasteiger charge is -2.13. The first kappa shape index (κ1) is 22.9. The summed E-state index contributed by atoms with van der Waals surface area (Å²) in [5, 5.41) is 3.06. The van der Waals surface area contributed by atoms with Crippen LogP contribution in [-0.4, -0.2) is 30.6 Å². The molecule has 0 unspecified atom stereocenters. The molecular formula is C19H19BrClN3O4S. The summed E-state index contributed by atoms with van der Waals surface area (Å²) in [6, 6.07) is 8.32. The SMILES string of the molecule is COc1ccc(C(=O)NC(=S)NNC(=O)COc2cc(C)c(Cl)c(C)c2)cc1Br. The van der Waals surface area contributed by atoms with Gasteiger partial charge in [0.15, 0.2) is 11.7 Å². The summed E-state index contributed by atoms with van der Waals surface area (Å²) in [6.45, 7) is 3.47. The van der Waals surface area contributed by atoms with E-state index in [0.717, 1.165) is 11.1 Å². The Bertz CT molecular complexity index is 932. The summed E-state index contributed by atoms with van der Waals surface area (Å²) >= 11 is 14.4. The molecular weight excluding hydrogens is 482 g/mol. The summed E-state index contributed by atoms with van der Waals surface area (Å²) in [7, 11) is 1.53. The van der Waals surface area contributed by atoms with Crippen LogP contribution in [0.5, 0.6) is 11.5 Å². The van der Waals surface area contributed by atoms with Crippen molar-refractivity contribution in [2.75, 3.05) is 13.7 Å². The zero-order valence-corrected chi connectivity index (χ0v) is 19.0. The Balaban J connectivity index is 1.80. The first-order valence-electron chi connectivity index (χ1n) is 8.34. The van der Waals surface area contributed by atoms with E-state index in [9.17, 15) is 9.59 Å². The van der Waals surface area contributed by atoms with Crippen LogP contribution >= 0.6 is 39.7 Å². The third kappa shape index (κ3) is 6.59. The molecule has 0 spiro atoms. The monoisotopic (exact) mass is 499 g/mol. The molecule has 0 aromatic heterocycles. The molecule has 0 aliphatic carbocycles. The van der Waals surface area contributed by atoms with E-state index < -0.39 is 11.8 Å². The molecule has 3 N–H and O–H groups in total. The summed E-state index contributed by atoms with van der Waals surface area (Å²) in [4.78, 5) is 24.1. The van der Waals surface area contributed by atoms with Crippen molar-refractivity contribution in [2.24, 2.45) is 0 Å². The maximum atomic E-state index is 12.2. The van der Waals surface area contributed by atoms with Crippen molar-refractivity contribution in [3.63, 3.8) is 0 Å². The Morgan fingerprint density at radius 1 is 1.14 bits per heavy atom. The topological polar surface area (TPSA) is 88.7 Å². The normalized spacial score (nSPS) is 10.1. The predicted octanol–water partition coefficient (Wildman–Crippen LogP) is 3.44. The number of hydrogen-bond donors (Lipinski definition) is 3.